The fraction of sp³-hybridized carbons (Fsp3) is 0.629. The minimum Gasteiger partial charge on any atom is -0.465 e. The van der Waals surface area contributed by atoms with Crippen LogP contribution in [0.2, 0.25) is 0 Å². The Hall–Kier alpha value is -2.58. The molecule has 0 unspecified atom stereocenters. The van der Waals surface area contributed by atoms with Crippen LogP contribution in [0.15, 0.2) is 60.8 Å². The van der Waals surface area contributed by atoms with Gasteiger partial charge in [0.1, 0.15) is 6.10 Å². The lowest BCUT2D eigenvalue weighted by Crippen LogP contribution is -2.47. The molecule has 0 bridgehead atoms. The van der Waals surface area contributed by atoms with Gasteiger partial charge in [-0.2, -0.15) is 11.8 Å². The van der Waals surface area contributed by atoms with Gasteiger partial charge < -0.3 is 20.5 Å². The van der Waals surface area contributed by atoms with Crippen LogP contribution in [0, 0.1) is 5.41 Å². The lowest BCUT2D eigenvalue weighted by Gasteiger charge is -2.29. The number of carbonyl (C=O) groups is 3. The van der Waals surface area contributed by atoms with E-state index in [9.17, 15) is 19.5 Å². The van der Waals surface area contributed by atoms with Crippen molar-refractivity contribution in [2.24, 2.45) is 5.41 Å². The molecule has 0 aromatic carbocycles. The van der Waals surface area contributed by atoms with Crippen molar-refractivity contribution >= 4 is 29.5 Å². The maximum absolute atomic E-state index is 12.3. The molecule has 0 saturated carbocycles. The SMILES string of the molecule is CC/C=C\C/C=C\C/C=C\C/C=C\C/C=C\CCCC(=O)OCC(C)(C)[C@@H](O)C(=O)NCCC(=O)NCCSC.CCC. The molecular weight excluding hydrogens is 560 g/mol. The molecule has 0 fully saturated rings. The average molecular weight is 621 g/mol. The number of hydrogen-bond acceptors (Lipinski definition) is 6. The smallest absolute Gasteiger partial charge is 0.305 e. The summed E-state index contributed by atoms with van der Waals surface area (Å²) in [5.74, 6) is -0.263. The first-order valence-corrected chi connectivity index (χ1v) is 17.2. The molecule has 246 valence electrons. The number of carbonyl (C=O) groups excluding carboxylic acids is 3. The van der Waals surface area contributed by atoms with E-state index in [0.717, 1.165) is 44.3 Å². The number of allylic oxidation sites excluding steroid dienone is 10. The van der Waals surface area contributed by atoms with Crippen LogP contribution in [0.3, 0.4) is 0 Å². The molecule has 2 amide bonds. The number of esters is 1. The predicted octanol–water partition coefficient (Wildman–Crippen LogP) is 7.24. The van der Waals surface area contributed by atoms with Crippen molar-refractivity contribution < 1.29 is 24.2 Å². The number of ether oxygens (including phenoxy) is 1. The lowest BCUT2D eigenvalue weighted by molar-refractivity contribution is -0.153. The molecule has 0 aromatic heterocycles. The summed E-state index contributed by atoms with van der Waals surface area (Å²) in [5, 5.41) is 15.7. The fourth-order valence-corrected chi connectivity index (χ4v) is 3.59. The van der Waals surface area contributed by atoms with Crippen LogP contribution >= 0.6 is 11.8 Å². The van der Waals surface area contributed by atoms with E-state index < -0.39 is 17.4 Å². The van der Waals surface area contributed by atoms with Crippen LogP contribution in [-0.4, -0.2) is 60.7 Å². The molecular formula is C35H60N2O5S. The van der Waals surface area contributed by atoms with E-state index in [4.69, 9.17) is 4.74 Å². The second-order valence-corrected chi connectivity index (χ2v) is 11.7. The molecule has 43 heavy (non-hydrogen) atoms. The molecule has 0 heterocycles. The van der Waals surface area contributed by atoms with Crippen LogP contribution in [0.5, 0.6) is 0 Å². The van der Waals surface area contributed by atoms with Crippen molar-refractivity contribution in [2.45, 2.75) is 105 Å². The molecule has 0 aliphatic heterocycles. The summed E-state index contributed by atoms with van der Waals surface area (Å²) in [6.45, 7) is 10.4. The van der Waals surface area contributed by atoms with Gasteiger partial charge in [0.15, 0.2) is 0 Å². The molecule has 0 aliphatic carbocycles. The van der Waals surface area contributed by atoms with E-state index in [1.807, 2.05) is 6.26 Å². The Morgan fingerprint density at radius 2 is 1.30 bits per heavy atom. The van der Waals surface area contributed by atoms with E-state index in [-0.39, 0.29) is 37.9 Å². The minimum absolute atomic E-state index is 0.0722. The van der Waals surface area contributed by atoms with Crippen LogP contribution in [0.4, 0.5) is 0 Å². The molecule has 0 aliphatic rings. The largest absolute Gasteiger partial charge is 0.465 e. The van der Waals surface area contributed by atoms with Crippen LogP contribution in [0.1, 0.15) is 98.8 Å². The monoisotopic (exact) mass is 620 g/mol. The van der Waals surface area contributed by atoms with Gasteiger partial charge in [-0.15, -0.1) is 0 Å². The Kier molecular flexibility index (Phi) is 30.5. The molecule has 0 saturated heterocycles. The first-order valence-electron chi connectivity index (χ1n) is 15.8. The Bertz CT molecular complexity index is 862. The van der Waals surface area contributed by atoms with E-state index in [2.05, 4.69) is 92.2 Å². The quantitative estimate of drug-likeness (QED) is 0.0632. The molecule has 7 nitrogen and oxygen atoms in total. The van der Waals surface area contributed by atoms with Gasteiger partial charge in [-0.3, -0.25) is 14.4 Å². The zero-order valence-corrected chi connectivity index (χ0v) is 28.6. The Morgan fingerprint density at radius 3 is 1.81 bits per heavy atom. The third-order valence-corrected chi connectivity index (χ3v) is 6.40. The van der Waals surface area contributed by atoms with E-state index in [1.54, 1.807) is 25.6 Å². The molecule has 0 radical (unpaired) electrons. The highest BCUT2D eigenvalue weighted by Gasteiger charge is 2.34. The summed E-state index contributed by atoms with van der Waals surface area (Å²) in [4.78, 5) is 36.1. The highest BCUT2D eigenvalue weighted by atomic mass is 32.2. The third kappa shape index (κ3) is 29.3. The Morgan fingerprint density at radius 1 is 0.791 bits per heavy atom. The van der Waals surface area contributed by atoms with Gasteiger partial charge in [0.25, 0.3) is 0 Å². The third-order valence-electron chi connectivity index (χ3n) is 5.78. The maximum atomic E-state index is 12.3. The number of nitrogens with one attached hydrogen (secondary N) is 2. The second kappa shape index (κ2) is 30.9. The summed E-state index contributed by atoms with van der Waals surface area (Å²) < 4.78 is 5.31. The van der Waals surface area contributed by atoms with Gasteiger partial charge in [-0.05, 0) is 51.2 Å². The number of aliphatic hydroxyl groups is 1. The number of aliphatic hydroxyl groups excluding tert-OH is 1. The molecule has 0 aromatic rings. The normalized spacial score (nSPS) is 12.7. The second-order valence-electron chi connectivity index (χ2n) is 10.7. The summed E-state index contributed by atoms with van der Waals surface area (Å²) in [6, 6.07) is 0. The molecule has 0 rings (SSSR count). The maximum Gasteiger partial charge on any atom is 0.305 e. The minimum atomic E-state index is -1.36. The van der Waals surface area contributed by atoms with Crippen molar-refractivity contribution in [1.82, 2.24) is 10.6 Å². The summed E-state index contributed by atoms with van der Waals surface area (Å²) in [6.07, 6.45) is 30.0. The molecule has 1 atom stereocenters. The highest BCUT2D eigenvalue weighted by molar-refractivity contribution is 7.98. The number of amides is 2. The van der Waals surface area contributed by atoms with Crippen molar-refractivity contribution in [3.63, 3.8) is 0 Å². The van der Waals surface area contributed by atoms with Crippen molar-refractivity contribution in [1.29, 1.82) is 0 Å². The summed E-state index contributed by atoms with van der Waals surface area (Å²) >= 11 is 1.64. The number of hydrogen-bond donors (Lipinski definition) is 3. The van der Waals surface area contributed by atoms with Gasteiger partial charge >= 0.3 is 5.97 Å². The highest BCUT2D eigenvalue weighted by Crippen LogP contribution is 2.22. The zero-order valence-electron chi connectivity index (χ0n) is 27.7. The van der Waals surface area contributed by atoms with Gasteiger partial charge in [0.05, 0.1) is 6.61 Å². The van der Waals surface area contributed by atoms with Crippen LogP contribution in [0.25, 0.3) is 0 Å². The van der Waals surface area contributed by atoms with E-state index >= 15 is 0 Å². The van der Waals surface area contributed by atoms with Gasteiger partial charge in [-0.25, -0.2) is 0 Å². The van der Waals surface area contributed by atoms with E-state index in [1.165, 1.54) is 6.42 Å². The Balaban J connectivity index is 0. The Labute approximate surface area is 266 Å². The van der Waals surface area contributed by atoms with Crippen molar-refractivity contribution in [3.05, 3.63) is 60.8 Å². The van der Waals surface area contributed by atoms with Crippen LogP contribution < -0.4 is 10.6 Å². The van der Waals surface area contributed by atoms with Gasteiger partial charge in [0.2, 0.25) is 11.8 Å². The average Bonchev–Trinajstić information content (AvgIpc) is 2.97. The van der Waals surface area contributed by atoms with Crippen molar-refractivity contribution in [2.75, 3.05) is 31.7 Å². The standard InChI is InChI=1S/C32H52N2O5S.C3H8/c1-5-6-7-8-9-10-11-12-13-14-15-16-17-18-19-20-21-22-29(36)39-27-32(2,3)30(37)31(38)34-24-23-28(35)33-25-26-40-4;1-3-2/h6-7,9-10,12-13,15-16,18-19,30,37H,5,8,11,14,17,20-27H2,1-4H3,(H,33,35)(H,34,38);3H2,1-2H3/b7-6-,10-9-,13-12-,16-15-,19-18-;/t30-;/m0./s1. The van der Waals surface area contributed by atoms with E-state index in [0.29, 0.717) is 13.0 Å². The number of thioether (sulfide) groups is 1. The summed E-state index contributed by atoms with van der Waals surface area (Å²) in [5.41, 5.74) is -0.954. The first kappa shape index (κ1) is 42.6. The topological polar surface area (TPSA) is 105 Å². The number of unbranched alkanes of at least 4 members (excludes halogenated alkanes) is 1. The lowest BCUT2D eigenvalue weighted by atomic mass is 9.87. The van der Waals surface area contributed by atoms with Crippen molar-refractivity contribution in [3.8, 4) is 0 Å². The molecule has 0 spiro atoms. The summed E-state index contributed by atoms with van der Waals surface area (Å²) in [7, 11) is 0. The fourth-order valence-electron chi connectivity index (χ4n) is 3.28. The predicted molar refractivity (Wildman–Crippen MR) is 184 cm³/mol. The van der Waals surface area contributed by atoms with Gasteiger partial charge in [0, 0.05) is 37.1 Å². The zero-order chi connectivity index (χ0) is 32.6. The molecule has 8 heteroatoms. The number of rotatable bonds is 23. The van der Waals surface area contributed by atoms with Crippen LogP contribution in [-0.2, 0) is 19.1 Å². The first-order chi connectivity index (χ1) is 20.7. The molecule has 3 N–H and O–H groups in total. The van der Waals surface area contributed by atoms with Gasteiger partial charge in [-0.1, -0.05) is 102 Å².